The fraction of sp³-hybridized carbons (Fsp3) is 0.435. The molecule has 11 N–H and O–H groups in total. The number of carboxylic acid groups (broad SMARTS) is 1. The van der Waals surface area contributed by atoms with Gasteiger partial charge in [0.2, 0.25) is 17.7 Å². The van der Waals surface area contributed by atoms with Gasteiger partial charge in [0.15, 0.2) is 5.96 Å². The summed E-state index contributed by atoms with van der Waals surface area (Å²) >= 11 is 8.00. The van der Waals surface area contributed by atoms with Gasteiger partial charge in [0, 0.05) is 35.2 Å². The molecule has 208 valence electrons. The first kappa shape index (κ1) is 30.8. The molecule has 4 unspecified atom stereocenters. The van der Waals surface area contributed by atoms with Crippen LogP contribution in [0.2, 0.25) is 0 Å². The minimum absolute atomic E-state index is 0.111. The van der Waals surface area contributed by atoms with E-state index >= 15 is 0 Å². The van der Waals surface area contributed by atoms with Crippen molar-refractivity contribution in [1.29, 1.82) is 0 Å². The van der Waals surface area contributed by atoms with E-state index in [-0.39, 0.29) is 36.9 Å². The van der Waals surface area contributed by atoms with Crippen molar-refractivity contribution >= 4 is 65.8 Å². The fourth-order valence-electron chi connectivity index (χ4n) is 3.61. The first-order chi connectivity index (χ1) is 18.1. The molecule has 38 heavy (non-hydrogen) atoms. The standard InChI is InChI=1S/C23H34N8O5S2/c24-14(8-12-9-28-15-5-2-1-4-13(12)15)19(32)29-16(6-3-7-27-23(25)26)20(33)30-17(10-37)21(34)31-18(11-38)22(35)36/h1-2,4-5,9,14,16-18,28,37-38H,3,6-8,10-11,24H2,(H,29,32)(H,30,33)(H,31,34)(H,35,36)(H4,25,26,27). The lowest BCUT2D eigenvalue weighted by atomic mass is 10.0. The lowest BCUT2D eigenvalue weighted by Gasteiger charge is -2.24. The summed E-state index contributed by atoms with van der Waals surface area (Å²) in [7, 11) is 0. The van der Waals surface area contributed by atoms with Crippen LogP contribution < -0.4 is 33.2 Å². The number of carbonyl (C=O) groups is 4. The van der Waals surface area contributed by atoms with Gasteiger partial charge < -0.3 is 43.2 Å². The van der Waals surface area contributed by atoms with E-state index in [0.29, 0.717) is 6.42 Å². The molecule has 0 bridgehead atoms. The number of thiol groups is 2. The van der Waals surface area contributed by atoms with Crippen LogP contribution in [0.4, 0.5) is 0 Å². The Bertz CT molecular complexity index is 1150. The van der Waals surface area contributed by atoms with Gasteiger partial charge in [-0.1, -0.05) is 18.2 Å². The summed E-state index contributed by atoms with van der Waals surface area (Å²) in [4.78, 5) is 56.8. The molecule has 0 saturated carbocycles. The molecule has 0 aliphatic carbocycles. The molecule has 1 aromatic heterocycles. The number of fused-ring (bicyclic) bond motifs is 1. The third kappa shape index (κ3) is 9.15. The topological polar surface area (TPSA) is 231 Å². The van der Waals surface area contributed by atoms with Crippen molar-refractivity contribution in [2.75, 3.05) is 18.1 Å². The predicted molar refractivity (Wildman–Crippen MR) is 151 cm³/mol. The number of nitrogens with one attached hydrogen (secondary N) is 4. The van der Waals surface area contributed by atoms with E-state index in [2.05, 4.69) is 51.2 Å². The summed E-state index contributed by atoms with van der Waals surface area (Å²) < 4.78 is 0. The average molecular weight is 567 g/mol. The zero-order chi connectivity index (χ0) is 28.2. The van der Waals surface area contributed by atoms with Crippen molar-refractivity contribution in [2.45, 2.75) is 43.4 Å². The second-order valence-electron chi connectivity index (χ2n) is 8.51. The number of carboxylic acids is 1. The number of H-pyrrole nitrogens is 1. The van der Waals surface area contributed by atoms with Crippen molar-refractivity contribution in [3.8, 4) is 0 Å². The molecule has 1 aromatic carbocycles. The molecule has 0 saturated heterocycles. The number of rotatable bonds is 15. The first-order valence-corrected chi connectivity index (χ1v) is 13.0. The number of hydrogen-bond acceptors (Lipinski definition) is 8. The van der Waals surface area contributed by atoms with E-state index < -0.39 is 47.9 Å². The van der Waals surface area contributed by atoms with Gasteiger partial charge in [-0.15, -0.1) is 0 Å². The number of hydrogen-bond donors (Lipinski definition) is 10. The maximum absolute atomic E-state index is 13.1. The maximum Gasteiger partial charge on any atom is 0.327 e. The molecule has 2 aromatic rings. The fourth-order valence-corrected chi connectivity index (χ4v) is 4.11. The lowest BCUT2D eigenvalue weighted by Crippen LogP contribution is -2.58. The van der Waals surface area contributed by atoms with Gasteiger partial charge >= 0.3 is 5.97 Å². The minimum atomic E-state index is -1.27. The second-order valence-corrected chi connectivity index (χ2v) is 9.24. The van der Waals surface area contributed by atoms with Gasteiger partial charge in [-0.05, 0) is 30.9 Å². The first-order valence-electron chi connectivity index (χ1n) is 11.8. The number of nitrogens with zero attached hydrogens (tertiary/aromatic N) is 1. The summed E-state index contributed by atoms with van der Waals surface area (Å²) in [5, 5.41) is 17.5. The Morgan fingerprint density at radius 2 is 1.55 bits per heavy atom. The molecule has 0 radical (unpaired) electrons. The van der Waals surface area contributed by atoms with Crippen molar-refractivity contribution < 1.29 is 24.3 Å². The molecule has 4 atom stereocenters. The Hall–Kier alpha value is -3.43. The number of aliphatic carboxylic acids is 1. The van der Waals surface area contributed by atoms with Crippen LogP contribution in [-0.4, -0.2) is 82.0 Å². The third-order valence-electron chi connectivity index (χ3n) is 5.64. The van der Waals surface area contributed by atoms with Gasteiger partial charge in [0.1, 0.15) is 18.1 Å². The maximum atomic E-state index is 13.1. The van der Waals surface area contributed by atoms with Crippen LogP contribution in [0.3, 0.4) is 0 Å². The van der Waals surface area contributed by atoms with Crippen LogP contribution in [0.15, 0.2) is 35.5 Å². The Kier molecular flexibility index (Phi) is 12.2. The Morgan fingerprint density at radius 3 is 2.18 bits per heavy atom. The number of nitrogens with two attached hydrogens (primary N) is 3. The number of amides is 3. The summed E-state index contributed by atoms with van der Waals surface area (Å²) in [6.45, 7) is 0.210. The molecule has 0 fully saturated rings. The number of aromatic amines is 1. The molecule has 0 aliphatic rings. The highest BCUT2D eigenvalue weighted by atomic mass is 32.1. The van der Waals surface area contributed by atoms with E-state index in [1.807, 2.05) is 24.3 Å². The zero-order valence-corrected chi connectivity index (χ0v) is 22.4. The predicted octanol–water partition coefficient (Wildman–Crippen LogP) is -1.51. The smallest absolute Gasteiger partial charge is 0.327 e. The van der Waals surface area contributed by atoms with E-state index in [1.54, 1.807) is 6.20 Å². The number of aliphatic imine (C=N–C) groups is 1. The Morgan fingerprint density at radius 1 is 0.947 bits per heavy atom. The monoisotopic (exact) mass is 566 g/mol. The normalized spacial score (nSPS) is 14.1. The van der Waals surface area contributed by atoms with E-state index in [0.717, 1.165) is 16.5 Å². The third-order valence-corrected chi connectivity index (χ3v) is 6.37. The summed E-state index contributed by atoms with van der Waals surface area (Å²) in [6, 6.07) is 3.15. The highest BCUT2D eigenvalue weighted by Gasteiger charge is 2.29. The molecular formula is C23H34N8O5S2. The van der Waals surface area contributed by atoms with Gasteiger partial charge in [-0.25, -0.2) is 4.79 Å². The van der Waals surface area contributed by atoms with Crippen LogP contribution in [0.25, 0.3) is 10.9 Å². The van der Waals surface area contributed by atoms with Crippen molar-refractivity contribution in [1.82, 2.24) is 20.9 Å². The number of carbonyl (C=O) groups excluding carboxylic acids is 3. The van der Waals surface area contributed by atoms with E-state index in [9.17, 15) is 19.2 Å². The Balaban J connectivity index is 2.10. The van der Waals surface area contributed by atoms with E-state index in [1.165, 1.54) is 0 Å². The molecular weight excluding hydrogens is 532 g/mol. The number of benzene rings is 1. The van der Waals surface area contributed by atoms with Crippen LogP contribution in [0, 0.1) is 0 Å². The second kappa shape index (κ2) is 15.1. The van der Waals surface area contributed by atoms with Crippen molar-refractivity contribution in [3.63, 3.8) is 0 Å². The lowest BCUT2D eigenvalue weighted by molar-refractivity contribution is -0.141. The summed E-state index contributed by atoms with van der Waals surface area (Å²) in [6.07, 6.45) is 2.48. The molecule has 1 heterocycles. The highest BCUT2D eigenvalue weighted by molar-refractivity contribution is 7.80. The SMILES string of the molecule is NC(N)=NCCCC(NC(=O)C(N)Cc1c[nH]c2ccccc12)C(=O)NC(CS)C(=O)NC(CS)C(=O)O. The molecule has 3 amide bonds. The quantitative estimate of drug-likeness (QED) is 0.0526. The minimum Gasteiger partial charge on any atom is -0.480 e. The van der Waals surface area contributed by atoms with Crippen molar-refractivity contribution in [3.05, 3.63) is 36.0 Å². The number of para-hydroxylation sites is 1. The highest BCUT2D eigenvalue weighted by Crippen LogP contribution is 2.18. The van der Waals surface area contributed by atoms with Gasteiger partial charge in [0.05, 0.1) is 6.04 Å². The van der Waals surface area contributed by atoms with Crippen molar-refractivity contribution in [2.24, 2.45) is 22.2 Å². The van der Waals surface area contributed by atoms with Gasteiger partial charge in [-0.3, -0.25) is 19.4 Å². The largest absolute Gasteiger partial charge is 0.480 e. The number of aromatic nitrogens is 1. The molecule has 0 spiro atoms. The van der Waals surface area contributed by atoms with Crippen LogP contribution in [0.5, 0.6) is 0 Å². The zero-order valence-electron chi connectivity index (χ0n) is 20.6. The van der Waals surface area contributed by atoms with Crippen LogP contribution in [-0.2, 0) is 25.6 Å². The molecule has 13 nitrogen and oxygen atoms in total. The number of guanidine groups is 1. The summed E-state index contributed by atoms with van der Waals surface area (Å²) in [5.41, 5.74) is 18.6. The summed E-state index contributed by atoms with van der Waals surface area (Å²) in [5.74, 6) is -3.64. The van der Waals surface area contributed by atoms with Crippen LogP contribution in [0.1, 0.15) is 18.4 Å². The van der Waals surface area contributed by atoms with Gasteiger partial charge in [0.25, 0.3) is 0 Å². The Labute approximate surface area is 230 Å². The molecule has 0 aliphatic heterocycles. The van der Waals surface area contributed by atoms with E-state index in [4.69, 9.17) is 22.3 Å². The van der Waals surface area contributed by atoms with Gasteiger partial charge in [-0.2, -0.15) is 25.3 Å². The average Bonchev–Trinajstić information content (AvgIpc) is 3.29. The molecule has 15 heteroatoms. The molecule has 2 rings (SSSR count). The van der Waals surface area contributed by atoms with Crippen LogP contribution >= 0.6 is 25.3 Å².